The Kier molecular flexibility index (Phi) is 4.55. The van der Waals surface area contributed by atoms with Crippen molar-refractivity contribution >= 4 is 27.5 Å². The van der Waals surface area contributed by atoms with Gasteiger partial charge in [-0.1, -0.05) is 33.6 Å². The SMILES string of the molecule is CNC(c1ccc(Cl)cc1F)c1cc(F)ccc1Br. The minimum atomic E-state index is -0.456. The van der Waals surface area contributed by atoms with Gasteiger partial charge in [-0.05, 0) is 42.9 Å². The van der Waals surface area contributed by atoms with E-state index in [1.807, 2.05) is 0 Å². The van der Waals surface area contributed by atoms with E-state index in [1.54, 1.807) is 25.2 Å². The second-order valence-corrected chi connectivity index (χ2v) is 5.34. The molecule has 1 N–H and O–H groups in total. The molecular formula is C14H11BrClF2N. The van der Waals surface area contributed by atoms with Gasteiger partial charge in [0, 0.05) is 15.1 Å². The second kappa shape index (κ2) is 5.99. The van der Waals surface area contributed by atoms with Gasteiger partial charge < -0.3 is 5.32 Å². The summed E-state index contributed by atoms with van der Waals surface area (Å²) < 4.78 is 28.0. The Morgan fingerprint density at radius 1 is 1.11 bits per heavy atom. The van der Waals surface area contributed by atoms with Gasteiger partial charge in [-0.3, -0.25) is 0 Å². The Balaban J connectivity index is 2.52. The molecule has 100 valence electrons. The normalized spacial score (nSPS) is 12.5. The Bertz CT molecular complexity index is 604. The number of hydrogen-bond acceptors (Lipinski definition) is 1. The molecule has 0 spiro atoms. The van der Waals surface area contributed by atoms with Crippen LogP contribution in [0.4, 0.5) is 8.78 Å². The summed E-state index contributed by atoms with van der Waals surface area (Å²) in [5.74, 6) is -0.796. The zero-order chi connectivity index (χ0) is 14.0. The number of halogens is 4. The van der Waals surface area contributed by atoms with Crippen LogP contribution in [0.1, 0.15) is 17.2 Å². The third kappa shape index (κ3) is 3.14. The fourth-order valence-corrected chi connectivity index (χ4v) is 2.58. The van der Waals surface area contributed by atoms with Crippen LogP contribution in [0.3, 0.4) is 0 Å². The summed E-state index contributed by atoms with van der Waals surface area (Å²) in [7, 11) is 1.69. The fourth-order valence-electron chi connectivity index (χ4n) is 1.95. The van der Waals surface area contributed by atoms with Crippen LogP contribution in [0, 0.1) is 11.6 Å². The lowest BCUT2D eigenvalue weighted by molar-refractivity contribution is 0.570. The minimum absolute atomic E-state index is 0.328. The van der Waals surface area contributed by atoms with E-state index in [2.05, 4.69) is 21.2 Å². The molecule has 1 nitrogen and oxygen atoms in total. The van der Waals surface area contributed by atoms with Gasteiger partial charge in [0.05, 0.1) is 6.04 Å². The molecule has 2 aromatic carbocycles. The maximum Gasteiger partial charge on any atom is 0.129 e. The topological polar surface area (TPSA) is 12.0 Å². The molecular weight excluding hydrogens is 336 g/mol. The van der Waals surface area contributed by atoms with Crippen LogP contribution in [0.25, 0.3) is 0 Å². The zero-order valence-electron chi connectivity index (χ0n) is 10.1. The summed E-state index contributed by atoms with van der Waals surface area (Å²) in [5.41, 5.74) is 1.04. The first-order valence-corrected chi connectivity index (χ1v) is 6.77. The molecule has 0 saturated carbocycles. The third-order valence-corrected chi connectivity index (χ3v) is 3.79. The van der Waals surface area contributed by atoms with Crippen molar-refractivity contribution in [1.29, 1.82) is 0 Å². The van der Waals surface area contributed by atoms with Crippen LogP contribution in [-0.2, 0) is 0 Å². The average Bonchev–Trinajstić information content (AvgIpc) is 2.36. The number of rotatable bonds is 3. The number of benzene rings is 2. The summed E-state index contributed by atoms with van der Waals surface area (Å²) in [6.07, 6.45) is 0. The molecule has 0 aromatic heterocycles. The Morgan fingerprint density at radius 3 is 2.47 bits per heavy atom. The van der Waals surface area contributed by atoms with Gasteiger partial charge in [0.2, 0.25) is 0 Å². The lowest BCUT2D eigenvalue weighted by Gasteiger charge is -2.19. The van der Waals surface area contributed by atoms with Gasteiger partial charge in [0.1, 0.15) is 11.6 Å². The van der Waals surface area contributed by atoms with Gasteiger partial charge in [-0.15, -0.1) is 0 Å². The molecule has 0 radical (unpaired) electrons. The Labute approximate surface area is 123 Å². The molecule has 19 heavy (non-hydrogen) atoms. The average molecular weight is 347 g/mol. The fraction of sp³-hybridized carbons (Fsp3) is 0.143. The molecule has 0 amide bonds. The van der Waals surface area contributed by atoms with Crippen LogP contribution < -0.4 is 5.32 Å². The summed E-state index contributed by atoms with van der Waals surface area (Å²) in [6.45, 7) is 0. The van der Waals surface area contributed by atoms with Crippen LogP contribution in [-0.4, -0.2) is 7.05 Å². The standard InChI is InChI=1S/C14H11BrClF2N/c1-19-14(10-4-2-8(16)6-13(10)18)11-7-9(17)3-5-12(11)15/h2-7,14,19H,1H3. The predicted molar refractivity (Wildman–Crippen MR) is 76.4 cm³/mol. The molecule has 0 aliphatic carbocycles. The quantitative estimate of drug-likeness (QED) is 0.850. The molecule has 1 atom stereocenters. The van der Waals surface area contributed by atoms with Gasteiger partial charge in [0.15, 0.2) is 0 Å². The lowest BCUT2D eigenvalue weighted by Crippen LogP contribution is -2.19. The van der Waals surface area contributed by atoms with Gasteiger partial charge in [-0.25, -0.2) is 8.78 Å². The van der Waals surface area contributed by atoms with Gasteiger partial charge >= 0.3 is 0 Å². The highest BCUT2D eigenvalue weighted by Gasteiger charge is 2.19. The van der Waals surface area contributed by atoms with Crippen molar-refractivity contribution in [3.05, 3.63) is 68.7 Å². The van der Waals surface area contributed by atoms with Gasteiger partial charge in [-0.2, -0.15) is 0 Å². The van der Waals surface area contributed by atoms with Crippen molar-refractivity contribution in [2.75, 3.05) is 7.05 Å². The van der Waals surface area contributed by atoms with Crippen molar-refractivity contribution in [3.8, 4) is 0 Å². The predicted octanol–water partition coefficient (Wildman–Crippen LogP) is 4.69. The summed E-state index contributed by atoms with van der Waals surface area (Å²) >= 11 is 9.09. The molecule has 0 saturated heterocycles. The van der Waals surface area contributed by atoms with Crippen LogP contribution in [0.15, 0.2) is 40.9 Å². The number of hydrogen-bond donors (Lipinski definition) is 1. The second-order valence-electron chi connectivity index (χ2n) is 4.05. The van der Waals surface area contributed by atoms with Crippen molar-refractivity contribution < 1.29 is 8.78 Å². The molecule has 5 heteroatoms. The van der Waals surface area contributed by atoms with Crippen LogP contribution >= 0.6 is 27.5 Å². The highest BCUT2D eigenvalue weighted by Crippen LogP contribution is 2.31. The third-order valence-electron chi connectivity index (χ3n) is 2.83. The maximum absolute atomic E-state index is 14.0. The van der Waals surface area contributed by atoms with Crippen LogP contribution in [0.5, 0.6) is 0 Å². The first-order chi connectivity index (χ1) is 9.02. The number of nitrogens with one attached hydrogen (secondary N) is 1. The van der Waals surface area contributed by atoms with Crippen molar-refractivity contribution in [1.82, 2.24) is 5.32 Å². The van der Waals surface area contributed by atoms with E-state index >= 15 is 0 Å². The molecule has 2 rings (SSSR count). The lowest BCUT2D eigenvalue weighted by atomic mass is 9.98. The monoisotopic (exact) mass is 345 g/mol. The molecule has 0 heterocycles. The minimum Gasteiger partial charge on any atom is -0.309 e. The van der Waals surface area contributed by atoms with E-state index in [4.69, 9.17) is 11.6 Å². The van der Waals surface area contributed by atoms with Crippen LogP contribution in [0.2, 0.25) is 5.02 Å². The first-order valence-electron chi connectivity index (χ1n) is 5.60. The van der Waals surface area contributed by atoms with Gasteiger partial charge in [0.25, 0.3) is 0 Å². The highest BCUT2D eigenvalue weighted by molar-refractivity contribution is 9.10. The molecule has 1 unspecified atom stereocenters. The molecule has 0 fully saturated rings. The Hall–Kier alpha value is -0.970. The summed E-state index contributed by atoms with van der Waals surface area (Å²) in [4.78, 5) is 0. The summed E-state index contributed by atoms with van der Waals surface area (Å²) in [5, 5.41) is 3.31. The van der Waals surface area contributed by atoms with E-state index in [0.29, 0.717) is 20.6 Å². The summed E-state index contributed by atoms with van der Waals surface area (Å²) in [6, 6.07) is 8.31. The zero-order valence-corrected chi connectivity index (χ0v) is 12.4. The molecule has 2 aromatic rings. The smallest absolute Gasteiger partial charge is 0.129 e. The highest BCUT2D eigenvalue weighted by atomic mass is 79.9. The Morgan fingerprint density at radius 2 is 1.84 bits per heavy atom. The molecule has 0 aliphatic heterocycles. The van der Waals surface area contributed by atoms with Crippen molar-refractivity contribution in [3.63, 3.8) is 0 Å². The van der Waals surface area contributed by atoms with Crippen molar-refractivity contribution in [2.45, 2.75) is 6.04 Å². The van der Waals surface area contributed by atoms with E-state index in [-0.39, 0.29) is 5.82 Å². The van der Waals surface area contributed by atoms with E-state index < -0.39 is 11.9 Å². The molecule has 0 bridgehead atoms. The largest absolute Gasteiger partial charge is 0.309 e. The van der Waals surface area contributed by atoms with E-state index in [9.17, 15) is 8.78 Å². The first kappa shape index (κ1) is 14.4. The van der Waals surface area contributed by atoms with Crippen molar-refractivity contribution in [2.24, 2.45) is 0 Å². The molecule has 0 aliphatic rings. The van der Waals surface area contributed by atoms with E-state index in [0.717, 1.165) is 0 Å². The van der Waals surface area contributed by atoms with E-state index in [1.165, 1.54) is 18.2 Å². The maximum atomic E-state index is 14.0.